The standard InChI is InChI=1S/C26H30F2N6O3S/c1-3-29-25(32-17-26(13-20(27)14-26)23-22(28)8-5-10-30-23)31-11-9-18-6-4-7-19(12-18)24(35)33-21-15-34(16-21)38(2,36)37/h3-12,20-21H,13-17H2,1-2H3,(H,31,32)(H,33,35)/b11-9+,29-3?. The fraction of sp³-hybridized carbons (Fsp3) is 0.385. The summed E-state index contributed by atoms with van der Waals surface area (Å²) >= 11 is 0. The number of sulfonamides is 1. The molecular formula is C26H30F2N6O3S. The van der Waals surface area contributed by atoms with E-state index in [-0.39, 0.29) is 56.1 Å². The Morgan fingerprint density at radius 3 is 2.68 bits per heavy atom. The summed E-state index contributed by atoms with van der Waals surface area (Å²) in [6.45, 7) is 2.38. The number of aliphatic imine (C=N–C) groups is 2. The van der Waals surface area contributed by atoms with Gasteiger partial charge >= 0.3 is 0 Å². The molecule has 2 aliphatic rings. The third-order valence-electron chi connectivity index (χ3n) is 6.56. The highest BCUT2D eigenvalue weighted by Crippen LogP contribution is 2.45. The molecule has 1 aliphatic heterocycles. The number of benzene rings is 1. The molecule has 38 heavy (non-hydrogen) atoms. The van der Waals surface area contributed by atoms with Crippen molar-refractivity contribution in [2.24, 2.45) is 9.98 Å². The van der Waals surface area contributed by atoms with E-state index < -0.39 is 27.4 Å². The van der Waals surface area contributed by atoms with Gasteiger partial charge in [0.15, 0.2) is 0 Å². The van der Waals surface area contributed by atoms with Crippen LogP contribution in [0.1, 0.15) is 41.4 Å². The monoisotopic (exact) mass is 544 g/mol. The first-order chi connectivity index (χ1) is 18.1. The molecule has 0 unspecified atom stereocenters. The first-order valence-electron chi connectivity index (χ1n) is 12.2. The minimum absolute atomic E-state index is 0.127. The molecule has 1 aromatic heterocycles. The summed E-state index contributed by atoms with van der Waals surface area (Å²) in [7, 11) is -3.25. The molecule has 1 saturated heterocycles. The van der Waals surface area contributed by atoms with E-state index in [4.69, 9.17) is 0 Å². The highest BCUT2D eigenvalue weighted by atomic mass is 32.2. The Hall–Kier alpha value is -3.51. The Morgan fingerprint density at radius 2 is 2.03 bits per heavy atom. The van der Waals surface area contributed by atoms with Gasteiger partial charge in [-0.15, -0.1) is 0 Å². The molecule has 0 spiro atoms. The Balaban J connectivity index is 1.38. The number of rotatable bonds is 8. The number of halogens is 2. The first-order valence-corrected chi connectivity index (χ1v) is 14.0. The average molecular weight is 545 g/mol. The normalized spacial score (nSPS) is 22.8. The van der Waals surface area contributed by atoms with Gasteiger partial charge in [-0.25, -0.2) is 22.2 Å². The lowest BCUT2D eigenvalue weighted by Gasteiger charge is -2.42. The maximum absolute atomic E-state index is 14.4. The van der Waals surface area contributed by atoms with E-state index >= 15 is 0 Å². The maximum atomic E-state index is 14.4. The smallest absolute Gasteiger partial charge is 0.251 e. The van der Waals surface area contributed by atoms with Crippen LogP contribution < -0.4 is 10.6 Å². The van der Waals surface area contributed by atoms with Crippen molar-refractivity contribution < 1.29 is 22.0 Å². The molecule has 2 fully saturated rings. The van der Waals surface area contributed by atoms with Crippen LogP contribution in [0.25, 0.3) is 6.08 Å². The van der Waals surface area contributed by atoms with Crippen molar-refractivity contribution >= 4 is 34.2 Å². The van der Waals surface area contributed by atoms with Crippen LogP contribution in [0.2, 0.25) is 0 Å². The number of hydrogen-bond acceptors (Lipinski definition) is 5. The quantitative estimate of drug-likeness (QED) is 0.392. The zero-order valence-corrected chi connectivity index (χ0v) is 22.0. The molecule has 202 valence electrons. The molecule has 2 N–H and O–H groups in total. The Labute approximate surface area is 220 Å². The molecule has 0 radical (unpaired) electrons. The summed E-state index contributed by atoms with van der Waals surface area (Å²) in [5.41, 5.74) is 0.581. The lowest BCUT2D eigenvalue weighted by atomic mass is 9.65. The van der Waals surface area contributed by atoms with Gasteiger partial charge in [0.1, 0.15) is 12.0 Å². The van der Waals surface area contributed by atoms with Gasteiger partial charge in [-0.05, 0) is 55.7 Å². The van der Waals surface area contributed by atoms with E-state index in [9.17, 15) is 22.0 Å². The Morgan fingerprint density at radius 1 is 1.26 bits per heavy atom. The maximum Gasteiger partial charge on any atom is 0.251 e. The number of alkyl halides is 1. The minimum Gasteiger partial charge on any atom is -0.347 e. The van der Waals surface area contributed by atoms with E-state index in [1.807, 2.05) is 6.07 Å². The second kappa shape index (κ2) is 11.5. The third kappa shape index (κ3) is 6.48. The molecular weight excluding hydrogens is 514 g/mol. The van der Waals surface area contributed by atoms with Crippen LogP contribution in [0.15, 0.2) is 58.8 Å². The Kier molecular flexibility index (Phi) is 8.32. The van der Waals surface area contributed by atoms with Gasteiger partial charge in [0.2, 0.25) is 16.0 Å². The number of pyridine rings is 1. The number of carbonyl (C=O) groups is 1. The SMILES string of the molecule is CC=NC(=NCC1(c2ncccc2F)CC(F)C1)N/C=C/c1cccc(C(=O)NC2CN(S(C)(=O)=O)C2)c1. The summed E-state index contributed by atoms with van der Waals surface area (Å²) in [5.74, 6) is -0.490. The number of guanidine groups is 1. The van der Waals surface area contributed by atoms with Crippen molar-refractivity contribution in [1.29, 1.82) is 0 Å². The van der Waals surface area contributed by atoms with Crippen LogP contribution in [0.3, 0.4) is 0 Å². The largest absolute Gasteiger partial charge is 0.347 e. The first kappa shape index (κ1) is 27.5. The number of amides is 1. The van der Waals surface area contributed by atoms with Gasteiger partial charge in [0, 0.05) is 42.7 Å². The molecule has 2 heterocycles. The fourth-order valence-corrected chi connectivity index (χ4v) is 5.40. The van der Waals surface area contributed by atoms with Crippen LogP contribution in [0, 0.1) is 5.82 Å². The average Bonchev–Trinajstić information content (AvgIpc) is 2.82. The summed E-state index contributed by atoms with van der Waals surface area (Å²) in [4.78, 5) is 25.4. The molecule has 1 aromatic carbocycles. The number of nitrogens with zero attached hydrogens (tertiary/aromatic N) is 4. The highest BCUT2D eigenvalue weighted by Gasteiger charge is 2.48. The summed E-state index contributed by atoms with van der Waals surface area (Å²) in [6, 6.07) is 9.53. The topological polar surface area (TPSA) is 116 Å². The van der Waals surface area contributed by atoms with Gasteiger partial charge in [0.25, 0.3) is 5.91 Å². The van der Waals surface area contributed by atoms with E-state index in [1.165, 1.54) is 22.6 Å². The lowest BCUT2D eigenvalue weighted by Crippen LogP contribution is -2.60. The fourth-order valence-electron chi connectivity index (χ4n) is 4.50. The van der Waals surface area contributed by atoms with Gasteiger partial charge in [-0.2, -0.15) is 4.31 Å². The van der Waals surface area contributed by atoms with Crippen LogP contribution in [-0.2, 0) is 15.4 Å². The molecule has 1 amide bonds. The molecule has 9 nitrogen and oxygen atoms in total. The summed E-state index contributed by atoms with van der Waals surface area (Å²) in [5, 5.41) is 5.82. The third-order valence-corrected chi connectivity index (χ3v) is 7.79. The van der Waals surface area contributed by atoms with Gasteiger partial charge in [-0.3, -0.25) is 14.8 Å². The van der Waals surface area contributed by atoms with Crippen molar-refractivity contribution in [2.75, 3.05) is 25.9 Å². The van der Waals surface area contributed by atoms with E-state index in [1.54, 1.807) is 43.6 Å². The van der Waals surface area contributed by atoms with E-state index in [0.29, 0.717) is 5.56 Å². The molecule has 1 saturated carbocycles. The predicted octanol–water partition coefficient (Wildman–Crippen LogP) is 2.67. The lowest BCUT2D eigenvalue weighted by molar-refractivity contribution is 0.0895. The second-order valence-corrected chi connectivity index (χ2v) is 11.5. The molecule has 0 bridgehead atoms. The van der Waals surface area contributed by atoms with Crippen LogP contribution in [0.4, 0.5) is 8.78 Å². The molecule has 12 heteroatoms. The van der Waals surface area contributed by atoms with Crippen molar-refractivity contribution in [3.05, 3.63) is 71.4 Å². The van der Waals surface area contributed by atoms with Crippen molar-refractivity contribution in [1.82, 2.24) is 19.9 Å². The van der Waals surface area contributed by atoms with Crippen molar-refractivity contribution in [2.45, 2.75) is 37.4 Å². The van der Waals surface area contributed by atoms with Crippen LogP contribution in [-0.4, -0.2) is 73.9 Å². The number of aromatic nitrogens is 1. The van der Waals surface area contributed by atoms with E-state index in [2.05, 4.69) is 25.6 Å². The Bertz CT molecular complexity index is 1370. The molecule has 4 rings (SSSR count). The van der Waals surface area contributed by atoms with E-state index in [0.717, 1.165) is 11.8 Å². The summed E-state index contributed by atoms with van der Waals surface area (Å²) < 4.78 is 52.5. The minimum atomic E-state index is -3.25. The molecule has 0 atom stereocenters. The van der Waals surface area contributed by atoms with Crippen molar-refractivity contribution in [3.63, 3.8) is 0 Å². The number of hydrogen-bond donors (Lipinski definition) is 2. The predicted molar refractivity (Wildman–Crippen MR) is 143 cm³/mol. The highest BCUT2D eigenvalue weighted by molar-refractivity contribution is 7.88. The molecule has 1 aliphatic carbocycles. The van der Waals surface area contributed by atoms with Crippen LogP contribution in [0.5, 0.6) is 0 Å². The summed E-state index contributed by atoms with van der Waals surface area (Å²) in [6.07, 6.45) is 6.81. The van der Waals surface area contributed by atoms with Gasteiger partial charge in [-0.1, -0.05) is 12.1 Å². The van der Waals surface area contributed by atoms with Gasteiger partial charge < -0.3 is 10.6 Å². The number of carbonyl (C=O) groups excluding carboxylic acids is 1. The second-order valence-electron chi connectivity index (χ2n) is 9.50. The van der Waals surface area contributed by atoms with Crippen molar-refractivity contribution in [3.8, 4) is 0 Å². The zero-order valence-electron chi connectivity index (χ0n) is 21.1. The number of nitrogens with one attached hydrogen (secondary N) is 2. The van der Waals surface area contributed by atoms with Gasteiger partial charge in [0.05, 0.1) is 24.5 Å². The molecule has 2 aromatic rings. The zero-order chi connectivity index (χ0) is 27.3. The van der Waals surface area contributed by atoms with Crippen LogP contribution >= 0.6 is 0 Å².